The number of hydrogen-bond donors (Lipinski definition) is 3. The smallest absolute Gasteiger partial charge is 1.00 e. The van der Waals surface area contributed by atoms with Gasteiger partial charge in [-0.1, -0.05) is 0 Å². The van der Waals surface area contributed by atoms with Crippen LogP contribution in [0.2, 0.25) is 0 Å². The van der Waals surface area contributed by atoms with Crippen LogP contribution in [0, 0.1) is 0 Å². The zero-order valence-electron chi connectivity index (χ0n) is 6.60. The Balaban J connectivity index is -0.000000320. The van der Waals surface area contributed by atoms with Crippen LogP contribution in [-0.4, -0.2) is 34.4 Å². The van der Waals surface area contributed by atoms with E-state index in [-0.39, 0.29) is 37.6 Å². The van der Waals surface area contributed by atoms with E-state index in [1.807, 2.05) is 0 Å². The van der Waals surface area contributed by atoms with Crippen LogP contribution in [0.3, 0.4) is 0 Å². The molecule has 5 nitrogen and oxygen atoms in total. The van der Waals surface area contributed by atoms with Crippen molar-refractivity contribution in [3.8, 4) is 0 Å². The van der Waals surface area contributed by atoms with Crippen molar-refractivity contribution in [3.05, 3.63) is 0 Å². The summed E-state index contributed by atoms with van der Waals surface area (Å²) in [5.74, 6) is 0. The molecule has 0 saturated carbocycles. The molecule has 0 fully saturated rings. The maximum absolute atomic E-state index is 9.75. The Bertz CT molecular complexity index is 104. The van der Waals surface area contributed by atoms with Crippen molar-refractivity contribution in [2.75, 3.05) is 13.2 Å². The van der Waals surface area contributed by atoms with E-state index in [0.717, 1.165) is 0 Å². The summed E-state index contributed by atoms with van der Waals surface area (Å²) in [4.78, 5) is 7.99. The molecule has 0 rings (SSSR count). The molecule has 10 heavy (non-hydrogen) atoms. The predicted octanol–water partition coefficient (Wildman–Crippen LogP) is -3.88. The normalized spacial score (nSPS) is 13.7. The minimum Gasteiger partial charge on any atom is -1.00 e. The van der Waals surface area contributed by atoms with Gasteiger partial charge in [0.25, 0.3) is 0 Å². The second-order valence-corrected chi connectivity index (χ2v) is 2.10. The van der Waals surface area contributed by atoms with E-state index < -0.39 is 21.0 Å². The zero-order chi connectivity index (χ0) is 7.28. The maximum Gasteiger partial charge on any atom is 1.00 e. The topological polar surface area (TPSA) is 87.0 Å². The fraction of sp³-hybridized carbons (Fsp3) is 1.00. The molecule has 0 aliphatic rings. The van der Waals surface area contributed by atoms with Crippen LogP contribution in [0.4, 0.5) is 0 Å². The Morgan fingerprint density at radius 1 is 1.70 bits per heavy atom. The van der Waals surface area contributed by atoms with E-state index in [0.29, 0.717) is 0 Å². The molecule has 0 aromatic carbocycles. The average Bonchev–Trinajstić information content (AvgIpc) is 1.83. The van der Waals surface area contributed by atoms with Gasteiger partial charge in [-0.05, 0) is 0 Å². The molecule has 7 heteroatoms. The van der Waals surface area contributed by atoms with Crippen molar-refractivity contribution in [1.29, 1.82) is 0 Å². The van der Waals surface area contributed by atoms with Crippen molar-refractivity contribution in [2.45, 2.75) is 6.10 Å². The molecule has 0 heterocycles. The molecular formula is C3H9NaO5P+. The molecule has 2 atom stereocenters. The molecule has 0 aromatic heterocycles. The van der Waals surface area contributed by atoms with E-state index in [2.05, 4.69) is 4.52 Å². The molecule has 0 aromatic rings. The van der Waals surface area contributed by atoms with Gasteiger partial charge in [0.2, 0.25) is 0 Å². The first kappa shape index (κ1) is 13.5. The van der Waals surface area contributed by atoms with Crippen LogP contribution in [0.25, 0.3) is 0 Å². The molecular weight excluding hydrogens is 170 g/mol. The van der Waals surface area contributed by atoms with Gasteiger partial charge in [-0.3, -0.25) is 0 Å². The first-order valence-corrected chi connectivity index (χ1v) is 3.38. The second kappa shape index (κ2) is 8.04. The molecule has 0 aliphatic heterocycles. The van der Waals surface area contributed by atoms with E-state index >= 15 is 0 Å². The van der Waals surface area contributed by atoms with Gasteiger partial charge in [-0.25, -0.2) is 0 Å². The van der Waals surface area contributed by atoms with Crippen LogP contribution < -0.4 is 29.6 Å². The largest absolute Gasteiger partial charge is 1.00 e. The molecule has 0 radical (unpaired) electrons. The molecule has 2 unspecified atom stereocenters. The summed E-state index contributed by atoms with van der Waals surface area (Å²) in [7, 11) is -2.66. The van der Waals surface area contributed by atoms with Crippen molar-refractivity contribution >= 4 is 8.25 Å². The SMILES string of the molecule is O=[P+](O)OCC(O)CO.[H-].[Na+]. The van der Waals surface area contributed by atoms with Gasteiger partial charge in [-0.15, -0.1) is 9.42 Å². The van der Waals surface area contributed by atoms with Gasteiger partial charge < -0.3 is 11.6 Å². The van der Waals surface area contributed by atoms with Gasteiger partial charge in [0, 0.05) is 4.57 Å². The summed E-state index contributed by atoms with van der Waals surface area (Å²) in [5.41, 5.74) is 0. The minimum atomic E-state index is -2.66. The molecule has 3 N–H and O–H groups in total. The fourth-order valence-corrected chi connectivity index (χ4v) is 0.502. The predicted molar refractivity (Wildman–Crippen MR) is 30.0 cm³/mol. The minimum absolute atomic E-state index is 0. The molecule has 0 spiro atoms. The van der Waals surface area contributed by atoms with Crippen LogP contribution in [0.15, 0.2) is 0 Å². The Kier molecular flexibility index (Phi) is 10.9. The summed E-state index contributed by atoms with van der Waals surface area (Å²) in [5, 5.41) is 16.6. The van der Waals surface area contributed by atoms with Gasteiger partial charge >= 0.3 is 37.8 Å². The molecule has 0 aliphatic carbocycles. The van der Waals surface area contributed by atoms with E-state index in [1.165, 1.54) is 0 Å². The standard InChI is InChI=1S/C3H7O5P.Na.H/c4-1-3(5)2-8-9(6)7;;/h3-5H,1-2H2;;/q;+1;-1/p+1. The summed E-state index contributed by atoms with van der Waals surface area (Å²) < 4.78 is 13.8. The van der Waals surface area contributed by atoms with Gasteiger partial charge in [0.15, 0.2) is 0 Å². The molecule has 56 valence electrons. The first-order chi connectivity index (χ1) is 4.16. The van der Waals surface area contributed by atoms with Gasteiger partial charge in [-0.2, -0.15) is 0 Å². The molecule has 0 saturated heterocycles. The van der Waals surface area contributed by atoms with Crippen LogP contribution in [0.5, 0.6) is 0 Å². The van der Waals surface area contributed by atoms with Crippen LogP contribution >= 0.6 is 8.25 Å². The number of rotatable bonds is 4. The van der Waals surface area contributed by atoms with Crippen molar-refractivity contribution in [1.82, 2.24) is 0 Å². The summed E-state index contributed by atoms with van der Waals surface area (Å²) >= 11 is 0. The molecule has 0 bridgehead atoms. The summed E-state index contributed by atoms with van der Waals surface area (Å²) in [6.07, 6.45) is -1.07. The number of hydrogen-bond acceptors (Lipinski definition) is 4. The van der Waals surface area contributed by atoms with E-state index in [1.54, 1.807) is 0 Å². The van der Waals surface area contributed by atoms with Gasteiger partial charge in [0.05, 0.1) is 6.61 Å². The third kappa shape index (κ3) is 8.94. The van der Waals surface area contributed by atoms with Gasteiger partial charge in [0.1, 0.15) is 12.7 Å². The molecule has 0 amide bonds. The Morgan fingerprint density at radius 2 is 2.20 bits per heavy atom. The summed E-state index contributed by atoms with van der Waals surface area (Å²) in [6, 6.07) is 0. The number of aliphatic hydroxyl groups excluding tert-OH is 2. The van der Waals surface area contributed by atoms with E-state index in [4.69, 9.17) is 15.1 Å². The van der Waals surface area contributed by atoms with Crippen molar-refractivity contribution in [3.63, 3.8) is 0 Å². The average molecular weight is 179 g/mol. The second-order valence-electron chi connectivity index (χ2n) is 1.37. The van der Waals surface area contributed by atoms with Crippen LogP contribution in [-0.2, 0) is 9.09 Å². The summed E-state index contributed by atoms with van der Waals surface area (Å²) in [6.45, 7) is -0.786. The zero-order valence-corrected chi connectivity index (χ0v) is 8.49. The first-order valence-electron chi connectivity index (χ1n) is 2.24. The number of aliphatic hydroxyl groups is 2. The quantitative estimate of drug-likeness (QED) is 0.303. The Morgan fingerprint density at radius 3 is 2.50 bits per heavy atom. The maximum atomic E-state index is 9.75. The monoisotopic (exact) mass is 179 g/mol. The van der Waals surface area contributed by atoms with E-state index in [9.17, 15) is 4.57 Å². The van der Waals surface area contributed by atoms with Crippen molar-refractivity contribution < 1.29 is 55.2 Å². The third-order valence-corrected chi connectivity index (χ3v) is 0.958. The third-order valence-electron chi connectivity index (χ3n) is 0.588. The Labute approximate surface area is 82.7 Å². The van der Waals surface area contributed by atoms with Crippen LogP contribution in [0.1, 0.15) is 1.43 Å². The van der Waals surface area contributed by atoms with Crippen molar-refractivity contribution in [2.24, 2.45) is 0 Å². The fourth-order valence-electron chi connectivity index (χ4n) is 0.203. The Hall–Kier alpha value is 0.940.